The molecular formula is C11H18N6O2. The molecule has 0 aliphatic carbocycles. The van der Waals surface area contributed by atoms with Crippen molar-refractivity contribution in [1.82, 2.24) is 15.2 Å². The van der Waals surface area contributed by atoms with Crippen molar-refractivity contribution < 1.29 is 4.92 Å². The maximum absolute atomic E-state index is 10.6. The molecule has 19 heavy (non-hydrogen) atoms. The number of hydrogen-bond acceptors (Lipinski definition) is 7. The summed E-state index contributed by atoms with van der Waals surface area (Å²) in [5.74, 6) is 0.510. The highest BCUT2D eigenvalue weighted by atomic mass is 16.6. The molecule has 0 bridgehead atoms. The van der Waals surface area contributed by atoms with Crippen molar-refractivity contribution in [2.24, 2.45) is 0 Å². The van der Waals surface area contributed by atoms with Gasteiger partial charge in [0.25, 0.3) is 0 Å². The molecule has 0 atom stereocenters. The van der Waals surface area contributed by atoms with Crippen molar-refractivity contribution in [1.29, 1.82) is 0 Å². The number of piperazine rings is 1. The minimum absolute atomic E-state index is 0.0582. The fraction of sp³-hybridized carbons (Fsp3) is 0.545. The van der Waals surface area contributed by atoms with Crippen LogP contribution in [-0.4, -0.2) is 54.1 Å². The average Bonchev–Trinajstić information content (AvgIpc) is 2.39. The number of nitro groups is 1. The number of nitrogens with zero attached hydrogens (tertiary/aromatic N) is 3. The summed E-state index contributed by atoms with van der Waals surface area (Å²) >= 11 is 0. The summed E-state index contributed by atoms with van der Waals surface area (Å²) in [7, 11) is 0. The summed E-state index contributed by atoms with van der Waals surface area (Å²) < 4.78 is 0. The van der Waals surface area contributed by atoms with E-state index in [0.717, 1.165) is 39.3 Å². The molecule has 0 saturated carbocycles. The molecule has 1 aromatic rings. The van der Waals surface area contributed by atoms with Gasteiger partial charge >= 0.3 is 5.69 Å². The van der Waals surface area contributed by atoms with Gasteiger partial charge in [-0.15, -0.1) is 0 Å². The lowest BCUT2D eigenvalue weighted by atomic mass is 10.3. The molecule has 0 radical (unpaired) electrons. The molecule has 0 spiro atoms. The van der Waals surface area contributed by atoms with Gasteiger partial charge in [0.05, 0.1) is 4.92 Å². The van der Waals surface area contributed by atoms with Crippen molar-refractivity contribution in [2.45, 2.75) is 0 Å². The van der Waals surface area contributed by atoms with Gasteiger partial charge < -0.3 is 16.4 Å². The number of anilines is 2. The van der Waals surface area contributed by atoms with Crippen molar-refractivity contribution in [3.8, 4) is 0 Å². The number of aromatic nitrogens is 1. The van der Waals surface area contributed by atoms with Crippen LogP contribution in [-0.2, 0) is 0 Å². The van der Waals surface area contributed by atoms with Crippen LogP contribution in [0.15, 0.2) is 12.1 Å². The normalized spacial score (nSPS) is 16.2. The Bertz CT molecular complexity index is 447. The van der Waals surface area contributed by atoms with E-state index in [1.165, 1.54) is 6.07 Å². The average molecular weight is 266 g/mol. The SMILES string of the molecule is Nc1nc(NCCN2CCNCC2)ccc1[N+](=O)[O-]. The van der Waals surface area contributed by atoms with Gasteiger partial charge in [0.2, 0.25) is 5.82 Å². The standard InChI is InChI=1S/C11H18N6O2/c12-11-9(17(18)19)1-2-10(15-11)14-5-8-16-6-3-13-4-7-16/h1-2,13H,3-8H2,(H3,12,14,15). The first-order chi connectivity index (χ1) is 9.16. The lowest BCUT2D eigenvalue weighted by Crippen LogP contribution is -2.45. The smallest absolute Gasteiger partial charge is 0.311 e. The zero-order valence-electron chi connectivity index (χ0n) is 10.6. The van der Waals surface area contributed by atoms with E-state index >= 15 is 0 Å². The highest BCUT2D eigenvalue weighted by Gasteiger charge is 2.13. The number of hydrogen-bond donors (Lipinski definition) is 3. The van der Waals surface area contributed by atoms with Crippen molar-refractivity contribution in [2.75, 3.05) is 50.3 Å². The molecular weight excluding hydrogens is 248 g/mol. The molecule has 8 nitrogen and oxygen atoms in total. The number of pyridine rings is 1. The fourth-order valence-electron chi connectivity index (χ4n) is 2.00. The van der Waals surface area contributed by atoms with E-state index < -0.39 is 4.92 Å². The van der Waals surface area contributed by atoms with Crippen LogP contribution in [0, 0.1) is 10.1 Å². The molecule has 0 unspecified atom stereocenters. The molecule has 104 valence electrons. The second-order valence-electron chi connectivity index (χ2n) is 4.38. The third-order valence-electron chi connectivity index (χ3n) is 3.04. The number of nitrogen functional groups attached to an aromatic ring is 1. The van der Waals surface area contributed by atoms with Crippen molar-refractivity contribution in [3.05, 3.63) is 22.2 Å². The van der Waals surface area contributed by atoms with Crippen molar-refractivity contribution in [3.63, 3.8) is 0 Å². The molecule has 2 rings (SSSR count). The van der Waals surface area contributed by atoms with Gasteiger partial charge in [0.1, 0.15) is 5.82 Å². The molecule has 1 fully saturated rings. The Kier molecular flexibility index (Phi) is 4.48. The van der Waals surface area contributed by atoms with E-state index in [0.29, 0.717) is 5.82 Å². The maximum atomic E-state index is 10.6. The lowest BCUT2D eigenvalue weighted by Gasteiger charge is -2.27. The highest BCUT2D eigenvalue weighted by molar-refractivity contribution is 5.57. The minimum atomic E-state index is -0.535. The van der Waals surface area contributed by atoms with E-state index in [1.807, 2.05) is 0 Å². The third-order valence-corrected chi connectivity index (χ3v) is 3.04. The van der Waals surface area contributed by atoms with E-state index in [-0.39, 0.29) is 11.5 Å². The van der Waals surface area contributed by atoms with Gasteiger partial charge in [-0.25, -0.2) is 4.98 Å². The Morgan fingerprint density at radius 2 is 2.21 bits per heavy atom. The second-order valence-corrected chi connectivity index (χ2v) is 4.38. The first kappa shape index (κ1) is 13.5. The van der Waals surface area contributed by atoms with Gasteiger partial charge in [-0.1, -0.05) is 0 Å². The van der Waals surface area contributed by atoms with Crippen LogP contribution in [0.1, 0.15) is 0 Å². The zero-order valence-corrected chi connectivity index (χ0v) is 10.6. The summed E-state index contributed by atoms with van der Waals surface area (Å²) in [6.45, 7) is 5.77. The Hall–Kier alpha value is -1.93. The molecule has 2 heterocycles. The third kappa shape index (κ3) is 3.76. The summed E-state index contributed by atoms with van der Waals surface area (Å²) in [4.78, 5) is 16.4. The molecule has 1 aliphatic heterocycles. The summed E-state index contributed by atoms with van der Waals surface area (Å²) in [5, 5.41) is 17.0. The summed E-state index contributed by atoms with van der Waals surface area (Å²) in [6, 6.07) is 2.95. The molecule has 0 aromatic carbocycles. The largest absolute Gasteiger partial charge is 0.378 e. The number of nitrogens with two attached hydrogens (primary N) is 1. The number of nitrogens with one attached hydrogen (secondary N) is 2. The van der Waals surface area contributed by atoms with Crippen LogP contribution in [0.3, 0.4) is 0 Å². The molecule has 1 aromatic heterocycles. The molecule has 1 saturated heterocycles. The lowest BCUT2D eigenvalue weighted by molar-refractivity contribution is -0.384. The van der Waals surface area contributed by atoms with E-state index in [2.05, 4.69) is 20.5 Å². The van der Waals surface area contributed by atoms with Crippen LogP contribution in [0.2, 0.25) is 0 Å². The molecule has 1 aliphatic rings. The van der Waals surface area contributed by atoms with Gasteiger partial charge in [-0.2, -0.15) is 0 Å². The topological polar surface area (TPSA) is 109 Å². The summed E-state index contributed by atoms with van der Waals surface area (Å²) in [5.41, 5.74) is 5.37. The van der Waals surface area contributed by atoms with E-state index in [1.54, 1.807) is 6.07 Å². The second kappa shape index (κ2) is 6.30. The Morgan fingerprint density at radius 3 is 2.84 bits per heavy atom. The van der Waals surface area contributed by atoms with Crippen LogP contribution < -0.4 is 16.4 Å². The quantitative estimate of drug-likeness (QED) is 0.504. The maximum Gasteiger partial charge on any atom is 0.311 e. The van der Waals surface area contributed by atoms with Gasteiger partial charge in [0, 0.05) is 45.3 Å². The Balaban J connectivity index is 1.82. The number of rotatable bonds is 5. The van der Waals surface area contributed by atoms with Gasteiger partial charge in [0.15, 0.2) is 0 Å². The molecule has 0 amide bonds. The summed E-state index contributed by atoms with van der Waals surface area (Å²) in [6.07, 6.45) is 0. The first-order valence-electron chi connectivity index (χ1n) is 6.24. The van der Waals surface area contributed by atoms with Gasteiger partial charge in [-0.05, 0) is 6.07 Å². The molecule has 8 heteroatoms. The van der Waals surface area contributed by atoms with Crippen LogP contribution in [0.4, 0.5) is 17.3 Å². The predicted octanol–water partition coefficient (Wildman–Crippen LogP) is -0.111. The highest BCUT2D eigenvalue weighted by Crippen LogP contribution is 2.20. The van der Waals surface area contributed by atoms with Crippen LogP contribution in [0.5, 0.6) is 0 Å². The van der Waals surface area contributed by atoms with Gasteiger partial charge in [-0.3, -0.25) is 15.0 Å². The molecule has 4 N–H and O–H groups in total. The minimum Gasteiger partial charge on any atom is -0.378 e. The Labute approximate surface area is 111 Å². The van der Waals surface area contributed by atoms with Crippen molar-refractivity contribution >= 4 is 17.3 Å². The predicted molar refractivity (Wildman–Crippen MR) is 73.1 cm³/mol. The Morgan fingerprint density at radius 1 is 1.47 bits per heavy atom. The fourth-order valence-corrected chi connectivity index (χ4v) is 2.00. The van der Waals surface area contributed by atoms with Crippen LogP contribution in [0.25, 0.3) is 0 Å². The first-order valence-corrected chi connectivity index (χ1v) is 6.24. The van der Waals surface area contributed by atoms with E-state index in [4.69, 9.17) is 5.73 Å². The van der Waals surface area contributed by atoms with E-state index in [9.17, 15) is 10.1 Å². The monoisotopic (exact) mass is 266 g/mol. The van der Waals surface area contributed by atoms with Crippen LogP contribution >= 0.6 is 0 Å². The zero-order chi connectivity index (χ0) is 13.7.